The molecule has 0 aliphatic carbocycles. The van der Waals surface area contributed by atoms with E-state index in [-0.39, 0.29) is 5.78 Å². The van der Waals surface area contributed by atoms with Crippen molar-refractivity contribution in [2.24, 2.45) is 0 Å². The molecule has 0 saturated carbocycles. The Morgan fingerprint density at radius 1 is 1.58 bits per heavy atom. The van der Waals surface area contributed by atoms with Gasteiger partial charge >= 0.3 is 0 Å². The van der Waals surface area contributed by atoms with Gasteiger partial charge < -0.3 is 4.74 Å². The van der Waals surface area contributed by atoms with E-state index in [0.29, 0.717) is 12.6 Å². The molecule has 0 N–H and O–H groups in total. The highest BCUT2D eigenvalue weighted by Gasteiger charge is 2.18. The van der Waals surface area contributed by atoms with Gasteiger partial charge in [-0.2, -0.15) is 0 Å². The fourth-order valence-electron chi connectivity index (χ4n) is 1.52. The molecule has 2 radical (unpaired) electrons. The summed E-state index contributed by atoms with van der Waals surface area (Å²) in [5.41, 5.74) is 0. The molecule has 1 heterocycles. The normalized spacial score (nSPS) is 21.2. The minimum atomic E-state index is -0.245. The summed E-state index contributed by atoms with van der Waals surface area (Å²) in [6.45, 7) is 7.30. The fraction of sp³-hybridized carbons (Fsp3) is 0.778. The number of nitrogens with zero attached hydrogens (tertiary/aromatic N) is 1. The zero-order valence-corrected chi connectivity index (χ0v) is 7.45. The van der Waals surface area contributed by atoms with E-state index in [1.165, 1.54) is 0 Å². The van der Waals surface area contributed by atoms with E-state index >= 15 is 0 Å². The van der Waals surface area contributed by atoms with Crippen molar-refractivity contribution in [3.8, 4) is 0 Å². The number of ether oxygens (including phenoxy) is 1. The second-order valence-electron chi connectivity index (χ2n) is 3.18. The van der Waals surface area contributed by atoms with Crippen LogP contribution in [0.15, 0.2) is 0 Å². The Hall–Kier alpha value is -0.410. The lowest BCUT2D eigenvalue weighted by Crippen LogP contribution is -2.39. The second-order valence-corrected chi connectivity index (χ2v) is 3.18. The zero-order valence-electron chi connectivity index (χ0n) is 7.45. The number of carbonyl (C=O) groups excluding carboxylic acids is 1. The molecule has 0 unspecified atom stereocenters. The van der Waals surface area contributed by atoms with Gasteiger partial charge in [0.2, 0.25) is 0 Å². The van der Waals surface area contributed by atoms with E-state index in [1.807, 2.05) is 0 Å². The van der Waals surface area contributed by atoms with E-state index in [1.54, 1.807) is 7.11 Å². The van der Waals surface area contributed by atoms with Crippen molar-refractivity contribution in [2.75, 3.05) is 26.7 Å². The third-order valence-corrected chi connectivity index (χ3v) is 2.25. The molecule has 12 heavy (non-hydrogen) atoms. The summed E-state index contributed by atoms with van der Waals surface area (Å²) in [7, 11) is 1.73. The van der Waals surface area contributed by atoms with Gasteiger partial charge in [-0.3, -0.25) is 9.69 Å². The van der Waals surface area contributed by atoms with Crippen LogP contribution in [-0.4, -0.2) is 43.5 Å². The first-order chi connectivity index (χ1) is 5.72. The van der Waals surface area contributed by atoms with Gasteiger partial charge in [-0.05, 0) is 12.8 Å². The maximum atomic E-state index is 10.6. The number of carbonyl (C=O) groups is 1. The van der Waals surface area contributed by atoms with Crippen LogP contribution in [0.4, 0.5) is 0 Å². The first kappa shape index (κ1) is 9.68. The summed E-state index contributed by atoms with van der Waals surface area (Å²) in [5.74, 6) is -0.245. The summed E-state index contributed by atoms with van der Waals surface area (Å²) in [6, 6.07) is 0. The number of piperidine rings is 1. The molecule has 1 saturated heterocycles. The molecule has 1 fully saturated rings. The number of likely N-dealkylation sites (tertiary alicyclic amines) is 1. The quantitative estimate of drug-likeness (QED) is 0.611. The Labute approximate surface area is 73.7 Å². The van der Waals surface area contributed by atoms with Crippen LogP contribution in [0.3, 0.4) is 0 Å². The van der Waals surface area contributed by atoms with Crippen LogP contribution in [0.25, 0.3) is 0 Å². The van der Waals surface area contributed by atoms with Gasteiger partial charge in [0.1, 0.15) is 0 Å². The molecule has 0 bridgehead atoms. The highest BCUT2D eigenvalue weighted by molar-refractivity contribution is 5.84. The average Bonchev–Trinajstić information content (AvgIpc) is 2.05. The van der Waals surface area contributed by atoms with Gasteiger partial charge in [0, 0.05) is 27.1 Å². The molecule has 68 valence electrons. The number of ketones is 1. The molecule has 0 atom stereocenters. The molecule has 0 amide bonds. The third kappa shape index (κ3) is 2.91. The zero-order chi connectivity index (χ0) is 8.97. The lowest BCUT2D eigenvalue weighted by Gasteiger charge is -2.30. The SMILES string of the molecule is [CH]C(=O)CN1CCC(OC)CC1. The van der Waals surface area contributed by atoms with Gasteiger partial charge in [-0.25, -0.2) is 0 Å². The highest BCUT2D eigenvalue weighted by atomic mass is 16.5. The molecule has 0 spiro atoms. The molecule has 3 nitrogen and oxygen atoms in total. The molecule has 0 aromatic carbocycles. The summed E-state index contributed by atoms with van der Waals surface area (Å²) in [6.07, 6.45) is 2.38. The summed E-state index contributed by atoms with van der Waals surface area (Å²) in [5, 5.41) is 0. The number of rotatable bonds is 3. The molecular weight excluding hydrogens is 154 g/mol. The Morgan fingerprint density at radius 3 is 2.58 bits per heavy atom. The van der Waals surface area contributed by atoms with E-state index in [0.717, 1.165) is 25.9 Å². The van der Waals surface area contributed by atoms with Crippen LogP contribution in [0.2, 0.25) is 0 Å². The van der Waals surface area contributed by atoms with E-state index < -0.39 is 0 Å². The van der Waals surface area contributed by atoms with Crippen LogP contribution in [0.5, 0.6) is 0 Å². The maximum absolute atomic E-state index is 10.6. The number of methoxy groups -OCH3 is 1. The molecule has 1 aliphatic heterocycles. The predicted molar refractivity (Wildman–Crippen MR) is 45.8 cm³/mol. The van der Waals surface area contributed by atoms with Crippen molar-refractivity contribution in [3.05, 3.63) is 6.92 Å². The first-order valence-corrected chi connectivity index (χ1v) is 4.26. The Morgan fingerprint density at radius 2 is 2.17 bits per heavy atom. The minimum absolute atomic E-state index is 0.245. The van der Waals surface area contributed by atoms with Crippen LogP contribution < -0.4 is 0 Å². The van der Waals surface area contributed by atoms with Crippen LogP contribution in [0, 0.1) is 6.92 Å². The van der Waals surface area contributed by atoms with Gasteiger partial charge in [0.05, 0.1) is 12.6 Å². The summed E-state index contributed by atoms with van der Waals surface area (Å²) >= 11 is 0. The van der Waals surface area contributed by atoms with E-state index in [9.17, 15) is 4.79 Å². The van der Waals surface area contributed by atoms with Crippen molar-refractivity contribution < 1.29 is 9.53 Å². The Bertz CT molecular complexity index is 151. The van der Waals surface area contributed by atoms with Gasteiger partial charge in [0.25, 0.3) is 0 Å². The second kappa shape index (κ2) is 4.58. The summed E-state index contributed by atoms with van der Waals surface area (Å²) < 4.78 is 5.20. The number of hydrogen-bond acceptors (Lipinski definition) is 3. The highest BCUT2D eigenvalue weighted by Crippen LogP contribution is 2.11. The molecule has 0 aromatic rings. The summed E-state index contributed by atoms with van der Waals surface area (Å²) in [4.78, 5) is 12.6. The minimum Gasteiger partial charge on any atom is -0.381 e. The largest absolute Gasteiger partial charge is 0.381 e. The maximum Gasteiger partial charge on any atom is 0.151 e. The smallest absolute Gasteiger partial charge is 0.151 e. The van der Waals surface area contributed by atoms with Gasteiger partial charge in [0.15, 0.2) is 5.78 Å². The fourth-order valence-corrected chi connectivity index (χ4v) is 1.52. The van der Waals surface area contributed by atoms with Crippen molar-refractivity contribution in [3.63, 3.8) is 0 Å². The lowest BCUT2D eigenvalue weighted by atomic mass is 10.1. The molecular formula is C9H15NO2. The van der Waals surface area contributed by atoms with Crippen LogP contribution in [-0.2, 0) is 9.53 Å². The van der Waals surface area contributed by atoms with Crippen molar-refractivity contribution in [1.82, 2.24) is 4.90 Å². The van der Waals surface area contributed by atoms with Gasteiger partial charge in [-0.1, -0.05) is 0 Å². The monoisotopic (exact) mass is 169 g/mol. The standard InChI is InChI=1S/C9H15NO2/c1-8(11)7-10-5-3-9(12-2)4-6-10/h1,9H,3-7H2,2H3. The van der Waals surface area contributed by atoms with Crippen molar-refractivity contribution in [2.45, 2.75) is 18.9 Å². The average molecular weight is 169 g/mol. The first-order valence-electron chi connectivity index (χ1n) is 4.26. The number of hydrogen-bond donors (Lipinski definition) is 0. The Balaban J connectivity index is 2.21. The van der Waals surface area contributed by atoms with Crippen LogP contribution >= 0.6 is 0 Å². The topological polar surface area (TPSA) is 29.5 Å². The van der Waals surface area contributed by atoms with Gasteiger partial charge in [-0.15, -0.1) is 0 Å². The number of Topliss-reactive ketones (excluding diaryl/α,β-unsaturated/α-hetero) is 1. The van der Waals surface area contributed by atoms with Crippen LogP contribution in [0.1, 0.15) is 12.8 Å². The van der Waals surface area contributed by atoms with E-state index in [2.05, 4.69) is 4.90 Å². The van der Waals surface area contributed by atoms with E-state index in [4.69, 9.17) is 11.7 Å². The molecule has 3 heteroatoms. The Kier molecular flexibility index (Phi) is 3.69. The molecule has 1 rings (SSSR count). The van der Waals surface area contributed by atoms with Crippen molar-refractivity contribution in [1.29, 1.82) is 0 Å². The lowest BCUT2D eigenvalue weighted by molar-refractivity contribution is -0.116. The predicted octanol–water partition coefficient (Wildman–Crippen LogP) is 0.377. The van der Waals surface area contributed by atoms with Crippen molar-refractivity contribution >= 4 is 5.78 Å². The molecule has 1 aliphatic rings. The molecule has 0 aromatic heterocycles. The third-order valence-electron chi connectivity index (χ3n) is 2.25.